The van der Waals surface area contributed by atoms with E-state index in [0.717, 1.165) is 27.5 Å². The Morgan fingerprint density at radius 2 is 1.38 bits per heavy atom. The molecule has 0 aliphatic heterocycles. The van der Waals surface area contributed by atoms with Gasteiger partial charge in [-0.1, -0.05) is 54.6 Å². The fraction of sp³-hybridized carbons (Fsp3) is 0. The van der Waals surface area contributed by atoms with Gasteiger partial charge in [-0.2, -0.15) is 0 Å². The number of hydrogen-bond acceptors (Lipinski definition) is 2. The molecule has 2 nitrogen and oxygen atoms in total. The van der Waals surface area contributed by atoms with E-state index in [1.807, 2.05) is 42.5 Å². The summed E-state index contributed by atoms with van der Waals surface area (Å²) < 4.78 is 0. The van der Waals surface area contributed by atoms with Crippen LogP contribution in [0, 0.1) is 0 Å². The highest BCUT2D eigenvalue weighted by Crippen LogP contribution is 2.30. The van der Waals surface area contributed by atoms with Gasteiger partial charge >= 0.3 is 0 Å². The molecule has 0 bridgehead atoms. The van der Waals surface area contributed by atoms with Gasteiger partial charge in [-0.25, -0.2) is 9.97 Å². The molecule has 0 unspecified atom stereocenters. The normalized spacial score (nSPS) is 11.1. The van der Waals surface area contributed by atoms with Crippen molar-refractivity contribution in [3.63, 3.8) is 0 Å². The predicted molar refractivity (Wildman–Crippen MR) is 87.5 cm³/mol. The first-order valence-electron chi connectivity index (χ1n) is 6.73. The Labute approximate surface area is 127 Å². The molecule has 0 amide bonds. The van der Waals surface area contributed by atoms with Crippen LogP contribution in [0.3, 0.4) is 0 Å². The van der Waals surface area contributed by atoms with Gasteiger partial charge in [0.2, 0.25) is 5.28 Å². The van der Waals surface area contributed by atoms with Crippen molar-refractivity contribution in [3.8, 4) is 11.3 Å². The zero-order valence-electron chi connectivity index (χ0n) is 11.1. The summed E-state index contributed by atoms with van der Waals surface area (Å²) in [5, 5.41) is 3.62. The lowest BCUT2D eigenvalue weighted by molar-refractivity contribution is 1.23. The number of rotatable bonds is 1. The lowest BCUT2D eigenvalue weighted by atomic mass is 10.0. The van der Waals surface area contributed by atoms with E-state index in [1.165, 1.54) is 5.39 Å². The summed E-state index contributed by atoms with van der Waals surface area (Å²) in [5.41, 5.74) is 2.78. The summed E-state index contributed by atoms with van der Waals surface area (Å²) in [6.07, 6.45) is 0. The summed E-state index contributed by atoms with van der Waals surface area (Å²) in [6.45, 7) is 0. The lowest BCUT2D eigenvalue weighted by Gasteiger charge is -2.08. The number of halogens is 1. The Balaban J connectivity index is 2.12. The third-order valence-electron chi connectivity index (χ3n) is 3.58. The minimum absolute atomic E-state index is 0.275. The minimum atomic E-state index is 0.275. The molecule has 0 N–H and O–H groups in total. The minimum Gasteiger partial charge on any atom is -0.218 e. The summed E-state index contributed by atoms with van der Waals surface area (Å²) in [4.78, 5) is 8.80. The molecule has 1 heterocycles. The van der Waals surface area contributed by atoms with E-state index in [1.54, 1.807) is 0 Å². The second kappa shape index (κ2) is 4.83. The highest BCUT2D eigenvalue weighted by atomic mass is 35.5. The molecule has 4 rings (SSSR count). The van der Waals surface area contributed by atoms with E-state index in [9.17, 15) is 0 Å². The number of fused-ring (bicyclic) bond motifs is 2. The van der Waals surface area contributed by atoms with E-state index in [4.69, 9.17) is 11.6 Å². The summed E-state index contributed by atoms with van der Waals surface area (Å²) in [7, 11) is 0. The molecular weight excluding hydrogens is 280 g/mol. The SMILES string of the molecule is Clc1nc(-c2ccccc2)c2cc3ccccc3cc2n1. The summed E-state index contributed by atoms with van der Waals surface area (Å²) >= 11 is 6.10. The average molecular weight is 291 g/mol. The number of nitrogens with zero attached hydrogens (tertiary/aromatic N) is 2. The van der Waals surface area contributed by atoms with Crippen LogP contribution < -0.4 is 0 Å². The fourth-order valence-corrected chi connectivity index (χ4v) is 2.78. The zero-order valence-corrected chi connectivity index (χ0v) is 11.9. The monoisotopic (exact) mass is 290 g/mol. The smallest absolute Gasteiger partial charge is 0.218 e. The van der Waals surface area contributed by atoms with Crippen LogP contribution in [-0.4, -0.2) is 9.97 Å². The molecular formula is C18H11ClN2. The van der Waals surface area contributed by atoms with Gasteiger partial charge in [0.05, 0.1) is 11.2 Å². The van der Waals surface area contributed by atoms with Gasteiger partial charge in [0.1, 0.15) is 0 Å². The van der Waals surface area contributed by atoms with Crippen LogP contribution in [0.25, 0.3) is 32.9 Å². The first-order valence-corrected chi connectivity index (χ1v) is 7.10. The van der Waals surface area contributed by atoms with Crippen molar-refractivity contribution in [3.05, 3.63) is 72.0 Å². The second-order valence-electron chi connectivity index (χ2n) is 4.92. The molecule has 0 saturated carbocycles. The zero-order chi connectivity index (χ0) is 14.2. The van der Waals surface area contributed by atoms with Crippen LogP contribution in [0.5, 0.6) is 0 Å². The van der Waals surface area contributed by atoms with E-state index in [2.05, 4.69) is 34.2 Å². The van der Waals surface area contributed by atoms with E-state index >= 15 is 0 Å². The molecule has 100 valence electrons. The van der Waals surface area contributed by atoms with Crippen molar-refractivity contribution < 1.29 is 0 Å². The van der Waals surface area contributed by atoms with Crippen molar-refractivity contribution in [2.75, 3.05) is 0 Å². The molecule has 1 aromatic heterocycles. The molecule has 0 radical (unpaired) electrons. The largest absolute Gasteiger partial charge is 0.223 e. The van der Waals surface area contributed by atoms with Gasteiger partial charge in [0.25, 0.3) is 0 Å². The Morgan fingerprint density at radius 1 is 0.714 bits per heavy atom. The number of benzene rings is 3. The average Bonchev–Trinajstić information content (AvgIpc) is 2.53. The van der Waals surface area contributed by atoms with Crippen molar-refractivity contribution >= 4 is 33.3 Å². The summed E-state index contributed by atoms with van der Waals surface area (Å²) in [6, 6.07) is 22.5. The standard InChI is InChI=1S/C18H11ClN2/c19-18-20-16-11-14-9-5-4-8-13(14)10-15(16)17(21-18)12-6-2-1-3-7-12/h1-11H. The van der Waals surface area contributed by atoms with Crippen molar-refractivity contribution in [1.29, 1.82) is 0 Å². The van der Waals surface area contributed by atoms with Gasteiger partial charge < -0.3 is 0 Å². The van der Waals surface area contributed by atoms with Crippen LogP contribution in [0.15, 0.2) is 66.7 Å². The molecule has 4 aromatic rings. The van der Waals surface area contributed by atoms with E-state index < -0.39 is 0 Å². The van der Waals surface area contributed by atoms with E-state index in [-0.39, 0.29) is 5.28 Å². The number of aromatic nitrogens is 2. The van der Waals surface area contributed by atoms with Gasteiger partial charge in [0.15, 0.2) is 0 Å². The topological polar surface area (TPSA) is 25.8 Å². The summed E-state index contributed by atoms with van der Waals surface area (Å²) in [5.74, 6) is 0. The first kappa shape index (κ1) is 12.3. The number of hydrogen-bond donors (Lipinski definition) is 0. The molecule has 0 saturated heterocycles. The van der Waals surface area contributed by atoms with Crippen LogP contribution in [0.2, 0.25) is 5.28 Å². The Kier molecular flexibility index (Phi) is 2.83. The third kappa shape index (κ3) is 2.14. The molecule has 0 atom stereocenters. The van der Waals surface area contributed by atoms with Crippen molar-refractivity contribution in [2.24, 2.45) is 0 Å². The van der Waals surface area contributed by atoms with Crippen molar-refractivity contribution in [2.45, 2.75) is 0 Å². The molecule has 3 aromatic carbocycles. The van der Waals surface area contributed by atoms with Gasteiger partial charge in [-0.3, -0.25) is 0 Å². The highest BCUT2D eigenvalue weighted by molar-refractivity contribution is 6.29. The molecule has 0 aliphatic rings. The van der Waals surface area contributed by atoms with E-state index in [0.29, 0.717) is 0 Å². The van der Waals surface area contributed by atoms with Gasteiger partial charge in [0, 0.05) is 10.9 Å². The fourth-order valence-electron chi connectivity index (χ4n) is 2.60. The van der Waals surface area contributed by atoms with Gasteiger partial charge in [-0.15, -0.1) is 0 Å². The molecule has 0 fully saturated rings. The van der Waals surface area contributed by atoms with Crippen LogP contribution in [-0.2, 0) is 0 Å². The Hall–Kier alpha value is -2.45. The third-order valence-corrected chi connectivity index (χ3v) is 3.75. The predicted octanol–water partition coefficient (Wildman–Crippen LogP) is 5.10. The maximum atomic E-state index is 6.10. The quantitative estimate of drug-likeness (QED) is 0.360. The molecule has 21 heavy (non-hydrogen) atoms. The maximum Gasteiger partial charge on any atom is 0.223 e. The molecule has 0 aliphatic carbocycles. The molecule has 3 heteroatoms. The van der Waals surface area contributed by atoms with Crippen LogP contribution in [0.4, 0.5) is 0 Å². The maximum absolute atomic E-state index is 6.10. The van der Waals surface area contributed by atoms with Gasteiger partial charge in [-0.05, 0) is 34.5 Å². The Bertz CT molecular complexity index is 949. The van der Waals surface area contributed by atoms with Crippen LogP contribution in [0.1, 0.15) is 0 Å². The Morgan fingerprint density at radius 3 is 2.14 bits per heavy atom. The first-order chi connectivity index (χ1) is 10.3. The molecule has 0 spiro atoms. The second-order valence-corrected chi connectivity index (χ2v) is 5.26. The van der Waals surface area contributed by atoms with Crippen LogP contribution >= 0.6 is 11.6 Å². The lowest BCUT2D eigenvalue weighted by Crippen LogP contribution is -1.91. The highest BCUT2D eigenvalue weighted by Gasteiger charge is 2.09. The van der Waals surface area contributed by atoms with Crippen molar-refractivity contribution in [1.82, 2.24) is 9.97 Å².